The molecule has 7 nitrogen and oxygen atoms in total. The van der Waals surface area contributed by atoms with Crippen molar-refractivity contribution in [2.75, 3.05) is 0 Å². The van der Waals surface area contributed by atoms with Crippen LogP contribution in [0.2, 0.25) is 0 Å². The number of H-pyrrole nitrogens is 2. The Bertz CT molecular complexity index is 657. The van der Waals surface area contributed by atoms with Gasteiger partial charge in [-0.25, -0.2) is 5.43 Å². The van der Waals surface area contributed by atoms with Crippen LogP contribution in [0.25, 0.3) is 0 Å². The summed E-state index contributed by atoms with van der Waals surface area (Å²) in [6, 6.07) is 7.91. The van der Waals surface area contributed by atoms with Crippen LogP contribution in [0.15, 0.2) is 40.2 Å². The van der Waals surface area contributed by atoms with Gasteiger partial charge in [0.2, 0.25) is 5.91 Å². The first-order chi connectivity index (χ1) is 9.15. The Morgan fingerprint density at radius 2 is 2.16 bits per heavy atom. The number of para-hydroxylation sites is 1. The fraction of sp³-hybridized carbons (Fsp3) is 0.0833. The molecule has 0 saturated heterocycles. The van der Waals surface area contributed by atoms with E-state index in [1.165, 1.54) is 18.3 Å². The first-order valence-corrected chi connectivity index (χ1v) is 5.51. The lowest BCUT2D eigenvalue weighted by Crippen LogP contribution is -2.20. The average Bonchev–Trinajstić information content (AvgIpc) is 2.77. The lowest BCUT2D eigenvalue weighted by atomic mass is 10.2. The van der Waals surface area contributed by atoms with E-state index in [0.29, 0.717) is 11.3 Å². The Hall–Kier alpha value is -2.83. The highest BCUT2D eigenvalue weighted by Crippen LogP contribution is 2.12. The van der Waals surface area contributed by atoms with Crippen molar-refractivity contribution in [1.82, 2.24) is 15.6 Å². The summed E-state index contributed by atoms with van der Waals surface area (Å²) in [5, 5.41) is 18.1. The predicted octanol–water partition coefficient (Wildman–Crippen LogP) is 0.101. The normalized spacial score (nSPS) is 10.7. The maximum atomic E-state index is 11.5. The first-order valence-electron chi connectivity index (χ1n) is 5.51. The highest BCUT2D eigenvalue weighted by Gasteiger charge is 2.04. The third-order valence-electron chi connectivity index (χ3n) is 2.33. The third-order valence-corrected chi connectivity index (χ3v) is 2.33. The van der Waals surface area contributed by atoms with Gasteiger partial charge in [-0.3, -0.25) is 14.7 Å². The fourth-order valence-corrected chi connectivity index (χ4v) is 1.45. The van der Waals surface area contributed by atoms with E-state index in [9.17, 15) is 14.7 Å². The number of aromatic nitrogens is 2. The molecule has 98 valence electrons. The molecule has 0 atom stereocenters. The van der Waals surface area contributed by atoms with E-state index >= 15 is 0 Å². The highest BCUT2D eigenvalue weighted by atomic mass is 16.3. The molecule has 19 heavy (non-hydrogen) atoms. The van der Waals surface area contributed by atoms with Crippen LogP contribution in [-0.2, 0) is 11.2 Å². The van der Waals surface area contributed by atoms with E-state index in [4.69, 9.17) is 0 Å². The Kier molecular flexibility index (Phi) is 3.77. The predicted molar refractivity (Wildman–Crippen MR) is 69.0 cm³/mol. The number of aromatic hydroxyl groups is 1. The van der Waals surface area contributed by atoms with Crippen molar-refractivity contribution in [1.29, 1.82) is 0 Å². The molecule has 0 unspecified atom stereocenters. The van der Waals surface area contributed by atoms with Gasteiger partial charge in [0.25, 0.3) is 5.56 Å². The van der Waals surface area contributed by atoms with E-state index < -0.39 is 0 Å². The Balaban J connectivity index is 1.90. The van der Waals surface area contributed by atoms with Gasteiger partial charge in [0, 0.05) is 17.3 Å². The molecule has 0 spiro atoms. The molecule has 0 aliphatic carbocycles. The second-order valence-corrected chi connectivity index (χ2v) is 3.81. The van der Waals surface area contributed by atoms with E-state index in [0.717, 1.165) is 0 Å². The maximum Gasteiger partial charge on any atom is 0.264 e. The van der Waals surface area contributed by atoms with Crippen LogP contribution in [0.1, 0.15) is 11.3 Å². The van der Waals surface area contributed by atoms with E-state index in [1.807, 2.05) is 0 Å². The van der Waals surface area contributed by atoms with Crippen molar-refractivity contribution in [2.24, 2.45) is 5.10 Å². The zero-order valence-corrected chi connectivity index (χ0v) is 9.88. The van der Waals surface area contributed by atoms with Crippen molar-refractivity contribution in [3.63, 3.8) is 0 Å². The molecule has 2 aromatic rings. The number of carbonyl (C=O) groups is 1. The number of nitrogens with one attached hydrogen (secondary N) is 3. The number of nitrogens with zero attached hydrogens (tertiary/aromatic N) is 1. The molecule has 2 rings (SSSR count). The second-order valence-electron chi connectivity index (χ2n) is 3.81. The Morgan fingerprint density at radius 1 is 1.37 bits per heavy atom. The lowest BCUT2D eigenvalue weighted by Gasteiger charge is -1.98. The van der Waals surface area contributed by atoms with Crippen molar-refractivity contribution in [2.45, 2.75) is 6.42 Å². The van der Waals surface area contributed by atoms with E-state index in [2.05, 4.69) is 20.7 Å². The Morgan fingerprint density at radius 3 is 2.84 bits per heavy atom. The summed E-state index contributed by atoms with van der Waals surface area (Å²) in [6.07, 6.45) is 1.35. The number of hydrogen-bond donors (Lipinski definition) is 4. The monoisotopic (exact) mass is 260 g/mol. The minimum Gasteiger partial charge on any atom is -0.507 e. The molecular weight excluding hydrogens is 248 g/mol. The summed E-state index contributed by atoms with van der Waals surface area (Å²) in [5.41, 5.74) is 2.98. The van der Waals surface area contributed by atoms with Gasteiger partial charge in [-0.15, -0.1) is 0 Å². The highest BCUT2D eigenvalue weighted by molar-refractivity contribution is 5.85. The van der Waals surface area contributed by atoms with Gasteiger partial charge in [0.1, 0.15) is 5.75 Å². The summed E-state index contributed by atoms with van der Waals surface area (Å²) in [4.78, 5) is 22.3. The number of benzene rings is 1. The fourth-order valence-electron chi connectivity index (χ4n) is 1.45. The van der Waals surface area contributed by atoms with Gasteiger partial charge in [-0.2, -0.15) is 5.10 Å². The quantitative estimate of drug-likeness (QED) is 0.462. The largest absolute Gasteiger partial charge is 0.507 e. The zero-order chi connectivity index (χ0) is 13.7. The van der Waals surface area contributed by atoms with Crippen LogP contribution >= 0.6 is 0 Å². The van der Waals surface area contributed by atoms with Crippen molar-refractivity contribution >= 4 is 12.1 Å². The van der Waals surface area contributed by atoms with Gasteiger partial charge < -0.3 is 10.2 Å². The molecule has 7 heteroatoms. The van der Waals surface area contributed by atoms with Crippen LogP contribution in [0.4, 0.5) is 0 Å². The van der Waals surface area contributed by atoms with Crippen molar-refractivity contribution < 1.29 is 9.90 Å². The zero-order valence-electron chi connectivity index (χ0n) is 9.88. The van der Waals surface area contributed by atoms with Crippen molar-refractivity contribution in [3.8, 4) is 5.75 Å². The van der Waals surface area contributed by atoms with Gasteiger partial charge >= 0.3 is 0 Å². The third kappa shape index (κ3) is 3.56. The molecule has 1 aromatic carbocycles. The summed E-state index contributed by atoms with van der Waals surface area (Å²) >= 11 is 0. The van der Waals surface area contributed by atoms with Crippen molar-refractivity contribution in [3.05, 3.63) is 51.9 Å². The second kappa shape index (κ2) is 5.67. The topological polar surface area (TPSA) is 110 Å². The molecular formula is C12H12N4O3. The lowest BCUT2D eigenvalue weighted by molar-refractivity contribution is -0.120. The van der Waals surface area contributed by atoms with Crippen LogP contribution in [0, 0.1) is 0 Å². The number of hydrogen-bond acceptors (Lipinski definition) is 4. The summed E-state index contributed by atoms with van der Waals surface area (Å²) < 4.78 is 0. The van der Waals surface area contributed by atoms with Gasteiger partial charge in [-0.05, 0) is 12.1 Å². The van der Waals surface area contributed by atoms with Crippen LogP contribution < -0.4 is 11.0 Å². The van der Waals surface area contributed by atoms with E-state index in [1.54, 1.807) is 18.2 Å². The number of hydrazone groups is 1. The summed E-state index contributed by atoms with van der Waals surface area (Å²) in [7, 11) is 0. The van der Waals surface area contributed by atoms with Gasteiger partial charge in [0.15, 0.2) is 0 Å². The van der Waals surface area contributed by atoms with E-state index in [-0.39, 0.29) is 23.6 Å². The molecule has 1 heterocycles. The van der Waals surface area contributed by atoms with Crippen LogP contribution in [0.3, 0.4) is 0 Å². The number of rotatable bonds is 4. The van der Waals surface area contributed by atoms with Gasteiger partial charge in [0.05, 0.1) is 12.6 Å². The summed E-state index contributed by atoms with van der Waals surface area (Å²) in [5.74, 6) is -0.294. The molecule has 0 aliphatic heterocycles. The SMILES string of the molecule is O=C(Cc1cc(=O)[nH][nH]1)NN=Cc1ccccc1O. The molecule has 1 aromatic heterocycles. The van der Waals surface area contributed by atoms with Gasteiger partial charge in [-0.1, -0.05) is 12.1 Å². The number of phenolic OH excluding ortho intramolecular Hbond substituents is 1. The van der Waals surface area contributed by atoms with Crippen LogP contribution in [0.5, 0.6) is 5.75 Å². The summed E-state index contributed by atoms with van der Waals surface area (Å²) in [6.45, 7) is 0. The molecule has 1 amide bonds. The molecule has 0 radical (unpaired) electrons. The minimum absolute atomic E-state index is 0.0108. The minimum atomic E-state index is -0.373. The molecule has 0 bridgehead atoms. The molecule has 0 fully saturated rings. The maximum absolute atomic E-state index is 11.5. The Labute approximate surface area is 108 Å². The molecule has 0 aliphatic rings. The molecule has 4 N–H and O–H groups in total. The molecule has 0 saturated carbocycles. The average molecular weight is 260 g/mol. The first kappa shape index (κ1) is 12.6. The van der Waals surface area contributed by atoms with Crippen LogP contribution in [-0.4, -0.2) is 27.4 Å². The number of carbonyl (C=O) groups excluding carboxylic acids is 1. The number of amides is 1. The number of aromatic amines is 2. The smallest absolute Gasteiger partial charge is 0.264 e. The number of phenols is 1. The standard InChI is InChI=1S/C12H12N4O3/c17-10-4-2-1-3-8(10)7-13-15-11(18)5-9-6-12(19)16-14-9/h1-4,6-7,17H,5H2,(H,15,18)(H2,14,16,19).